The topological polar surface area (TPSA) is 64.6 Å². The van der Waals surface area contributed by atoms with Crippen LogP contribution in [-0.4, -0.2) is 48.3 Å². The Hall–Kier alpha value is -1.59. The summed E-state index contributed by atoms with van der Waals surface area (Å²) in [6.07, 6.45) is 4.33. The molecule has 24 heavy (non-hydrogen) atoms. The molecule has 1 fully saturated rings. The zero-order valence-electron chi connectivity index (χ0n) is 15.0. The van der Waals surface area contributed by atoms with E-state index in [4.69, 9.17) is 0 Å². The van der Waals surface area contributed by atoms with Crippen molar-refractivity contribution in [3.05, 3.63) is 35.9 Å². The molecule has 4 atom stereocenters. The minimum Gasteiger partial charge on any atom is -0.388 e. The number of hydrogen-bond donors (Lipinski definition) is 3. The van der Waals surface area contributed by atoms with Gasteiger partial charge in [-0.05, 0) is 58.7 Å². The van der Waals surface area contributed by atoms with Gasteiger partial charge in [-0.3, -0.25) is 0 Å². The van der Waals surface area contributed by atoms with Crippen molar-refractivity contribution in [2.45, 2.75) is 63.3 Å². The summed E-state index contributed by atoms with van der Waals surface area (Å²) in [5.74, 6) is 0. The highest BCUT2D eigenvalue weighted by molar-refractivity contribution is 5.74. The molecule has 0 heterocycles. The first-order chi connectivity index (χ1) is 11.5. The lowest BCUT2D eigenvalue weighted by Gasteiger charge is -2.34. The number of aliphatic hydroxyl groups is 1. The number of hydrogen-bond acceptors (Lipinski definition) is 3. The number of urea groups is 1. The van der Waals surface area contributed by atoms with Crippen LogP contribution in [0.3, 0.4) is 0 Å². The van der Waals surface area contributed by atoms with Crippen molar-refractivity contribution in [2.24, 2.45) is 0 Å². The molecule has 0 unspecified atom stereocenters. The number of carbonyl (C=O) groups is 1. The third-order valence-corrected chi connectivity index (χ3v) is 4.85. The Morgan fingerprint density at radius 1 is 1.29 bits per heavy atom. The van der Waals surface area contributed by atoms with E-state index >= 15 is 0 Å². The van der Waals surface area contributed by atoms with E-state index in [-0.39, 0.29) is 18.1 Å². The summed E-state index contributed by atoms with van der Waals surface area (Å²) >= 11 is 0. The van der Waals surface area contributed by atoms with E-state index in [0.717, 1.165) is 24.8 Å². The quantitative estimate of drug-likeness (QED) is 0.750. The van der Waals surface area contributed by atoms with Crippen LogP contribution in [0.25, 0.3) is 0 Å². The van der Waals surface area contributed by atoms with E-state index in [1.165, 1.54) is 6.42 Å². The Kier molecular flexibility index (Phi) is 7.06. The van der Waals surface area contributed by atoms with Crippen LogP contribution in [0, 0.1) is 0 Å². The maximum absolute atomic E-state index is 12.2. The summed E-state index contributed by atoms with van der Waals surface area (Å²) in [5, 5.41) is 16.3. The monoisotopic (exact) mass is 333 g/mol. The zero-order valence-corrected chi connectivity index (χ0v) is 15.0. The van der Waals surface area contributed by atoms with Crippen molar-refractivity contribution in [3.63, 3.8) is 0 Å². The van der Waals surface area contributed by atoms with Crippen LogP contribution in [0.4, 0.5) is 4.79 Å². The predicted molar refractivity (Wildman–Crippen MR) is 96.9 cm³/mol. The molecule has 3 N–H and O–H groups in total. The van der Waals surface area contributed by atoms with Crippen LogP contribution < -0.4 is 10.6 Å². The van der Waals surface area contributed by atoms with E-state index in [1.54, 1.807) is 0 Å². The lowest BCUT2D eigenvalue weighted by Crippen LogP contribution is -2.49. The third kappa shape index (κ3) is 5.80. The normalized spacial score (nSPS) is 23.5. The summed E-state index contributed by atoms with van der Waals surface area (Å²) in [6.45, 7) is 1.93. The molecule has 1 aliphatic carbocycles. The maximum atomic E-state index is 12.2. The molecular weight excluding hydrogens is 302 g/mol. The van der Waals surface area contributed by atoms with Crippen molar-refractivity contribution in [2.75, 3.05) is 14.1 Å². The van der Waals surface area contributed by atoms with Gasteiger partial charge in [0, 0.05) is 18.1 Å². The van der Waals surface area contributed by atoms with Gasteiger partial charge in [-0.15, -0.1) is 0 Å². The van der Waals surface area contributed by atoms with Crippen molar-refractivity contribution in [3.8, 4) is 0 Å². The van der Waals surface area contributed by atoms with E-state index in [2.05, 4.69) is 29.6 Å². The minimum absolute atomic E-state index is 0.0894. The van der Waals surface area contributed by atoms with Gasteiger partial charge in [0.2, 0.25) is 0 Å². The van der Waals surface area contributed by atoms with Gasteiger partial charge in [-0.25, -0.2) is 4.79 Å². The molecule has 0 bridgehead atoms. The van der Waals surface area contributed by atoms with Crippen molar-refractivity contribution >= 4 is 6.03 Å². The molecular formula is C19H31N3O2. The molecule has 0 spiro atoms. The molecule has 2 rings (SSSR count). The number of amides is 2. The van der Waals surface area contributed by atoms with Gasteiger partial charge >= 0.3 is 6.03 Å². The first kappa shape index (κ1) is 18.7. The Labute approximate surface area is 145 Å². The molecule has 5 heteroatoms. The van der Waals surface area contributed by atoms with Gasteiger partial charge < -0.3 is 20.6 Å². The molecule has 0 aliphatic heterocycles. The largest absolute Gasteiger partial charge is 0.388 e. The molecule has 1 saturated carbocycles. The summed E-state index contributed by atoms with van der Waals surface area (Å²) in [7, 11) is 4.19. The molecule has 2 amide bonds. The fraction of sp³-hybridized carbons (Fsp3) is 0.632. The number of carbonyl (C=O) groups excluding carboxylic acids is 1. The van der Waals surface area contributed by atoms with Crippen LogP contribution in [-0.2, 0) is 0 Å². The van der Waals surface area contributed by atoms with Gasteiger partial charge in [0.15, 0.2) is 0 Å². The minimum atomic E-state index is -0.561. The first-order valence-electron chi connectivity index (χ1n) is 8.92. The molecule has 1 aromatic carbocycles. The highest BCUT2D eigenvalue weighted by Crippen LogP contribution is 2.22. The van der Waals surface area contributed by atoms with Crippen LogP contribution in [0.5, 0.6) is 0 Å². The molecule has 5 nitrogen and oxygen atoms in total. The standard InChI is InChI=1S/C19H31N3O2/c1-14(12-18(23)15-8-5-4-6-9-15)20-19(24)21-16-10-7-11-17(13-16)22(2)3/h4-6,8-9,14,16-18,23H,7,10-13H2,1-3H3,(H2,20,21,24)/t14-,16+,17+,18+/m1/s1. The number of nitrogens with zero attached hydrogens (tertiary/aromatic N) is 1. The molecule has 0 radical (unpaired) electrons. The van der Waals surface area contributed by atoms with Gasteiger partial charge in [-0.2, -0.15) is 0 Å². The number of benzene rings is 1. The maximum Gasteiger partial charge on any atom is 0.315 e. The third-order valence-electron chi connectivity index (χ3n) is 4.85. The number of nitrogens with one attached hydrogen (secondary N) is 2. The summed E-state index contributed by atoms with van der Waals surface area (Å²) in [5.41, 5.74) is 0.882. The Balaban J connectivity index is 1.75. The van der Waals surface area contributed by atoms with Crippen molar-refractivity contribution < 1.29 is 9.90 Å². The van der Waals surface area contributed by atoms with Crippen LogP contribution in [0.2, 0.25) is 0 Å². The molecule has 134 valence electrons. The van der Waals surface area contributed by atoms with Gasteiger partial charge in [0.1, 0.15) is 0 Å². The van der Waals surface area contributed by atoms with Crippen molar-refractivity contribution in [1.29, 1.82) is 0 Å². The lowest BCUT2D eigenvalue weighted by atomic mass is 9.90. The van der Waals surface area contributed by atoms with Gasteiger partial charge in [0.05, 0.1) is 6.10 Å². The number of rotatable bonds is 6. The highest BCUT2D eigenvalue weighted by atomic mass is 16.3. The van der Waals surface area contributed by atoms with E-state index < -0.39 is 6.10 Å². The second kappa shape index (κ2) is 9.04. The van der Waals surface area contributed by atoms with E-state index in [0.29, 0.717) is 12.5 Å². The van der Waals surface area contributed by atoms with E-state index in [1.807, 2.05) is 37.3 Å². The highest BCUT2D eigenvalue weighted by Gasteiger charge is 2.25. The van der Waals surface area contributed by atoms with E-state index in [9.17, 15) is 9.90 Å². The number of aliphatic hydroxyl groups excluding tert-OH is 1. The first-order valence-corrected chi connectivity index (χ1v) is 8.92. The Morgan fingerprint density at radius 2 is 2.00 bits per heavy atom. The van der Waals surface area contributed by atoms with Gasteiger partial charge in [-0.1, -0.05) is 30.3 Å². The average Bonchev–Trinajstić information content (AvgIpc) is 2.55. The molecule has 0 aromatic heterocycles. The Morgan fingerprint density at radius 3 is 2.67 bits per heavy atom. The van der Waals surface area contributed by atoms with Gasteiger partial charge in [0.25, 0.3) is 0 Å². The lowest BCUT2D eigenvalue weighted by molar-refractivity contribution is 0.153. The summed E-state index contributed by atoms with van der Waals surface area (Å²) in [6, 6.07) is 10.1. The molecule has 0 saturated heterocycles. The molecule has 1 aromatic rings. The van der Waals surface area contributed by atoms with Crippen LogP contribution >= 0.6 is 0 Å². The smallest absolute Gasteiger partial charge is 0.315 e. The summed E-state index contributed by atoms with van der Waals surface area (Å²) in [4.78, 5) is 14.4. The van der Waals surface area contributed by atoms with Crippen molar-refractivity contribution in [1.82, 2.24) is 15.5 Å². The SMILES string of the molecule is C[C@H](C[C@H](O)c1ccccc1)NC(=O)N[C@H]1CCC[C@H](N(C)C)C1. The second-order valence-corrected chi connectivity index (χ2v) is 7.16. The van der Waals surface area contributed by atoms with Crippen LogP contribution in [0.1, 0.15) is 50.7 Å². The average molecular weight is 333 g/mol. The second-order valence-electron chi connectivity index (χ2n) is 7.16. The fourth-order valence-electron chi connectivity index (χ4n) is 3.42. The zero-order chi connectivity index (χ0) is 17.5. The Bertz CT molecular complexity index is 507. The fourth-order valence-corrected chi connectivity index (χ4v) is 3.42. The molecule has 1 aliphatic rings. The van der Waals surface area contributed by atoms with Crippen LogP contribution in [0.15, 0.2) is 30.3 Å². The predicted octanol–water partition coefficient (Wildman–Crippen LogP) is 2.67. The summed E-state index contributed by atoms with van der Waals surface area (Å²) < 4.78 is 0.